The van der Waals surface area contributed by atoms with Gasteiger partial charge in [0.2, 0.25) is 0 Å². The SMILES string of the molecule is CCCN(C(=O)c1sc2ccccc2c1Cl)c1cccc(C)c1. The zero-order valence-corrected chi connectivity index (χ0v) is 14.7. The largest absolute Gasteiger partial charge is 0.308 e. The van der Waals surface area contributed by atoms with Crippen LogP contribution in [0.3, 0.4) is 0 Å². The summed E-state index contributed by atoms with van der Waals surface area (Å²) >= 11 is 7.94. The highest BCUT2D eigenvalue weighted by Crippen LogP contribution is 2.36. The van der Waals surface area contributed by atoms with Crippen LogP contribution in [-0.4, -0.2) is 12.5 Å². The third kappa shape index (κ3) is 3.12. The molecule has 2 aromatic carbocycles. The molecule has 0 N–H and O–H groups in total. The molecular formula is C19H18ClNOS. The van der Waals surface area contributed by atoms with Crippen molar-refractivity contribution in [2.45, 2.75) is 20.3 Å². The number of halogens is 1. The van der Waals surface area contributed by atoms with Crippen LogP contribution in [0.2, 0.25) is 5.02 Å². The summed E-state index contributed by atoms with van der Waals surface area (Å²) in [5.74, 6) is -0.0244. The van der Waals surface area contributed by atoms with E-state index in [1.807, 2.05) is 60.4 Å². The Kier molecular flexibility index (Phi) is 4.69. The number of benzene rings is 2. The molecule has 0 unspecified atom stereocenters. The first kappa shape index (κ1) is 16.0. The number of hydrogen-bond acceptors (Lipinski definition) is 2. The predicted molar refractivity (Wildman–Crippen MR) is 100.0 cm³/mol. The van der Waals surface area contributed by atoms with Crippen molar-refractivity contribution in [3.8, 4) is 0 Å². The number of thiophene rings is 1. The molecule has 0 aliphatic carbocycles. The summed E-state index contributed by atoms with van der Waals surface area (Å²) in [7, 11) is 0. The summed E-state index contributed by atoms with van der Waals surface area (Å²) in [6.07, 6.45) is 0.891. The molecule has 0 saturated carbocycles. The van der Waals surface area contributed by atoms with Crippen molar-refractivity contribution in [1.29, 1.82) is 0 Å². The maximum absolute atomic E-state index is 13.1. The highest BCUT2D eigenvalue weighted by Gasteiger charge is 2.23. The van der Waals surface area contributed by atoms with Gasteiger partial charge < -0.3 is 4.90 Å². The van der Waals surface area contributed by atoms with Gasteiger partial charge in [0.1, 0.15) is 4.88 Å². The van der Waals surface area contributed by atoms with E-state index in [0.717, 1.165) is 27.8 Å². The standard InChI is InChI=1S/C19H18ClNOS/c1-3-11-21(14-8-6-7-13(2)12-14)19(22)18-17(20)15-9-4-5-10-16(15)23-18/h4-10,12H,3,11H2,1-2H3. The lowest BCUT2D eigenvalue weighted by atomic mass is 10.2. The van der Waals surface area contributed by atoms with E-state index in [9.17, 15) is 4.79 Å². The van der Waals surface area contributed by atoms with Crippen molar-refractivity contribution < 1.29 is 4.79 Å². The Balaban J connectivity index is 2.05. The first-order valence-corrected chi connectivity index (χ1v) is 8.87. The Morgan fingerprint density at radius 3 is 2.65 bits per heavy atom. The Morgan fingerprint density at radius 1 is 1.17 bits per heavy atom. The molecule has 3 aromatic rings. The maximum atomic E-state index is 13.1. The fourth-order valence-corrected chi connectivity index (χ4v) is 4.10. The lowest BCUT2D eigenvalue weighted by molar-refractivity contribution is 0.0991. The summed E-state index contributed by atoms with van der Waals surface area (Å²) < 4.78 is 1.04. The van der Waals surface area contributed by atoms with E-state index in [1.165, 1.54) is 11.3 Å². The predicted octanol–water partition coefficient (Wildman–Crippen LogP) is 5.92. The third-order valence-electron chi connectivity index (χ3n) is 3.73. The monoisotopic (exact) mass is 343 g/mol. The number of rotatable bonds is 4. The van der Waals surface area contributed by atoms with Gasteiger partial charge >= 0.3 is 0 Å². The number of amides is 1. The first-order valence-electron chi connectivity index (χ1n) is 7.67. The number of nitrogens with zero attached hydrogens (tertiary/aromatic N) is 1. The molecule has 0 radical (unpaired) electrons. The number of carbonyl (C=O) groups is 1. The summed E-state index contributed by atoms with van der Waals surface area (Å²) in [6.45, 7) is 4.78. The minimum atomic E-state index is -0.0244. The van der Waals surface area contributed by atoms with Gasteiger partial charge in [0, 0.05) is 22.3 Å². The minimum Gasteiger partial charge on any atom is -0.308 e. The van der Waals surface area contributed by atoms with E-state index in [2.05, 4.69) is 6.92 Å². The molecule has 0 atom stereocenters. The second kappa shape index (κ2) is 6.73. The fourth-order valence-electron chi connectivity index (χ4n) is 2.64. The number of hydrogen-bond donors (Lipinski definition) is 0. The number of carbonyl (C=O) groups excluding carboxylic acids is 1. The molecule has 1 heterocycles. The van der Waals surface area contributed by atoms with Crippen LogP contribution in [0.1, 0.15) is 28.6 Å². The van der Waals surface area contributed by atoms with E-state index < -0.39 is 0 Å². The molecule has 2 nitrogen and oxygen atoms in total. The molecule has 23 heavy (non-hydrogen) atoms. The summed E-state index contributed by atoms with van der Waals surface area (Å²) in [5, 5.41) is 1.51. The number of fused-ring (bicyclic) bond motifs is 1. The Bertz CT molecular complexity index is 855. The van der Waals surface area contributed by atoms with Crippen molar-refractivity contribution in [1.82, 2.24) is 0 Å². The van der Waals surface area contributed by atoms with E-state index in [0.29, 0.717) is 16.4 Å². The van der Waals surface area contributed by atoms with Crippen LogP contribution >= 0.6 is 22.9 Å². The molecule has 0 aliphatic heterocycles. The van der Waals surface area contributed by atoms with Gasteiger partial charge in [0.15, 0.2) is 0 Å². The molecule has 0 fully saturated rings. The van der Waals surface area contributed by atoms with Crippen LogP contribution in [-0.2, 0) is 0 Å². The zero-order valence-electron chi connectivity index (χ0n) is 13.2. The number of aryl methyl sites for hydroxylation is 1. The van der Waals surface area contributed by atoms with Gasteiger partial charge in [0.05, 0.1) is 5.02 Å². The van der Waals surface area contributed by atoms with Gasteiger partial charge in [-0.2, -0.15) is 0 Å². The molecule has 0 bridgehead atoms. The summed E-state index contributed by atoms with van der Waals surface area (Å²) in [4.78, 5) is 15.5. The van der Waals surface area contributed by atoms with Gasteiger partial charge in [-0.05, 0) is 37.1 Å². The van der Waals surface area contributed by atoms with Gasteiger partial charge in [-0.1, -0.05) is 48.9 Å². The van der Waals surface area contributed by atoms with Crippen molar-refractivity contribution in [3.63, 3.8) is 0 Å². The van der Waals surface area contributed by atoms with E-state index in [4.69, 9.17) is 11.6 Å². The topological polar surface area (TPSA) is 20.3 Å². The van der Waals surface area contributed by atoms with Gasteiger partial charge in [-0.25, -0.2) is 0 Å². The molecule has 1 amide bonds. The maximum Gasteiger partial charge on any atom is 0.269 e. The van der Waals surface area contributed by atoms with Crippen molar-refractivity contribution in [2.75, 3.05) is 11.4 Å². The summed E-state index contributed by atoms with van der Waals surface area (Å²) in [6, 6.07) is 15.9. The number of anilines is 1. The van der Waals surface area contributed by atoms with Gasteiger partial charge in [-0.3, -0.25) is 4.79 Å². The third-order valence-corrected chi connectivity index (χ3v) is 5.40. The van der Waals surface area contributed by atoms with Crippen LogP contribution in [0.25, 0.3) is 10.1 Å². The fraction of sp³-hybridized carbons (Fsp3) is 0.211. The molecule has 0 aliphatic rings. The molecule has 0 saturated heterocycles. The van der Waals surface area contributed by atoms with Crippen LogP contribution in [0, 0.1) is 6.92 Å². The first-order chi connectivity index (χ1) is 11.1. The van der Waals surface area contributed by atoms with Crippen LogP contribution in [0.4, 0.5) is 5.69 Å². The molecule has 3 rings (SSSR count). The average Bonchev–Trinajstić information content (AvgIpc) is 2.89. The normalized spacial score (nSPS) is 10.9. The van der Waals surface area contributed by atoms with Gasteiger partial charge in [0.25, 0.3) is 5.91 Å². The molecule has 118 valence electrons. The van der Waals surface area contributed by atoms with Crippen molar-refractivity contribution in [2.24, 2.45) is 0 Å². The molecule has 1 aromatic heterocycles. The van der Waals surface area contributed by atoms with E-state index in [1.54, 1.807) is 0 Å². The summed E-state index contributed by atoms with van der Waals surface area (Å²) in [5.41, 5.74) is 2.06. The van der Waals surface area contributed by atoms with E-state index >= 15 is 0 Å². The highest BCUT2D eigenvalue weighted by atomic mass is 35.5. The highest BCUT2D eigenvalue weighted by molar-refractivity contribution is 7.21. The van der Waals surface area contributed by atoms with Crippen LogP contribution in [0.15, 0.2) is 48.5 Å². The second-order valence-electron chi connectivity index (χ2n) is 5.54. The Morgan fingerprint density at radius 2 is 1.96 bits per heavy atom. The van der Waals surface area contributed by atoms with Gasteiger partial charge in [-0.15, -0.1) is 11.3 Å². The van der Waals surface area contributed by atoms with Crippen molar-refractivity contribution >= 4 is 44.6 Å². The van der Waals surface area contributed by atoms with Crippen LogP contribution < -0.4 is 4.90 Å². The Hall–Kier alpha value is -1.84. The molecule has 4 heteroatoms. The lowest BCUT2D eigenvalue weighted by Gasteiger charge is -2.22. The lowest BCUT2D eigenvalue weighted by Crippen LogP contribution is -2.31. The Labute approximate surface area is 145 Å². The zero-order chi connectivity index (χ0) is 16.4. The molecular weight excluding hydrogens is 326 g/mol. The molecule has 0 spiro atoms. The quantitative estimate of drug-likeness (QED) is 0.575. The van der Waals surface area contributed by atoms with Crippen LogP contribution in [0.5, 0.6) is 0 Å². The van der Waals surface area contributed by atoms with Crippen molar-refractivity contribution in [3.05, 3.63) is 64.0 Å². The smallest absolute Gasteiger partial charge is 0.269 e. The second-order valence-corrected chi connectivity index (χ2v) is 6.97. The van der Waals surface area contributed by atoms with E-state index in [-0.39, 0.29) is 5.91 Å². The average molecular weight is 344 g/mol. The minimum absolute atomic E-state index is 0.0244.